The molecule has 1 heterocycles. The maximum atomic E-state index is 12.9. The van der Waals surface area contributed by atoms with Gasteiger partial charge in [-0.15, -0.1) is 0 Å². The van der Waals surface area contributed by atoms with Crippen LogP contribution in [0, 0.1) is 11.6 Å². The molecule has 0 atom stereocenters. The zero-order chi connectivity index (χ0) is 14.4. The zero-order valence-electron chi connectivity index (χ0n) is 13.0. The van der Waals surface area contributed by atoms with Crippen LogP contribution in [-0.2, 0) is 32.7 Å². The monoisotopic (exact) mass is 406 g/mol. The van der Waals surface area contributed by atoms with Gasteiger partial charge in [-0.3, -0.25) is 0 Å². The van der Waals surface area contributed by atoms with Crippen molar-refractivity contribution in [3.8, 4) is 0 Å². The summed E-state index contributed by atoms with van der Waals surface area (Å²) in [6.07, 6.45) is 2.83. The first-order valence-electron chi connectivity index (χ1n) is 7.11. The summed E-state index contributed by atoms with van der Waals surface area (Å²) >= 11 is 0. The van der Waals surface area contributed by atoms with E-state index in [0.29, 0.717) is 0 Å². The Morgan fingerprint density at radius 1 is 0.870 bits per heavy atom. The van der Waals surface area contributed by atoms with Gasteiger partial charge in [-0.2, -0.15) is 0 Å². The molecule has 135 valence electrons. The quantitative estimate of drug-likeness (QED) is 0.543. The topological polar surface area (TPSA) is 3.24 Å². The van der Waals surface area contributed by atoms with E-state index in [1.165, 1.54) is 44.1 Å². The molecule has 0 saturated carbocycles. The molecule has 1 aromatic carbocycles. The number of likely N-dealkylation sites (tertiary alicyclic amines) is 1. The van der Waals surface area contributed by atoms with Crippen molar-refractivity contribution >= 4 is 0 Å². The standard InChI is InChI=1S/C9H10F2.C7H15N.3CH4.Y/c1-6(2)9-7(10)4-3-5-8(9)11;1-7(2)8-5-3-4-6-8;;;;/h3-6H,1-2H3;7H,3-6H2,1-2H3;3*1H4;. The molecule has 1 aliphatic heterocycles. The van der Waals surface area contributed by atoms with Crippen molar-refractivity contribution in [2.45, 2.75) is 74.8 Å². The van der Waals surface area contributed by atoms with Gasteiger partial charge in [0.2, 0.25) is 0 Å². The third-order valence-electron chi connectivity index (χ3n) is 3.45. The van der Waals surface area contributed by atoms with Gasteiger partial charge in [0.05, 0.1) is 0 Å². The SMILES string of the molecule is C.C.C.CC(C)N1CCCC1.CC(C)c1c(F)cccc1F.[Y]. The molecular formula is C19H37F2NY. The third-order valence-corrected chi connectivity index (χ3v) is 3.45. The third kappa shape index (κ3) is 10.6. The van der Waals surface area contributed by atoms with Gasteiger partial charge in [-0.05, 0) is 57.8 Å². The molecule has 0 bridgehead atoms. The van der Waals surface area contributed by atoms with E-state index in [9.17, 15) is 8.78 Å². The molecule has 1 saturated heterocycles. The normalized spacial score (nSPS) is 13.0. The second kappa shape index (κ2) is 15.7. The van der Waals surface area contributed by atoms with E-state index >= 15 is 0 Å². The predicted molar refractivity (Wildman–Crippen MR) is 96.6 cm³/mol. The molecule has 4 heteroatoms. The van der Waals surface area contributed by atoms with Gasteiger partial charge in [-0.25, -0.2) is 8.78 Å². The van der Waals surface area contributed by atoms with Gasteiger partial charge in [0.1, 0.15) is 11.6 Å². The van der Waals surface area contributed by atoms with Crippen LogP contribution in [0.15, 0.2) is 18.2 Å². The second-order valence-corrected chi connectivity index (χ2v) is 5.63. The van der Waals surface area contributed by atoms with Gasteiger partial charge in [0.15, 0.2) is 0 Å². The molecule has 1 radical (unpaired) electrons. The fraction of sp³-hybridized carbons (Fsp3) is 0.684. The maximum absolute atomic E-state index is 12.9. The average molecular weight is 406 g/mol. The van der Waals surface area contributed by atoms with Crippen molar-refractivity contribution < 1.29 is 41.5 Å². The van der Waals surface area contributed by atoms with Crippen LogP contribution in [0.4, 0.5) is 8.78 Å². The van der Waals surface area contributed by atoms with Crippen LogP contribution in [0.2, 0.25) is 0 Å². The number of hydrogen-bond donors (Lipinski definition) is 0. The minimum absolute atomic E-state index is 0. The first-order chi connectivity index (χ1) is 8.93. The molecule has 0 unspecified atom stereocenters. The molecule has 0 aromatic heterocycles. The first-order valence-corrected chi connectivity index (χ1v) is 7.11. The van der Waals surface area contributed by atoms with Gasteiger partial charge in [-0.1, -0.05) is 42.2 Å². The second-order valence-electron chi connectivity index (χ2n) is 5.63. The largest absolute Gasteiger partial charge is 0.301 e. The molecule has 0 aliphatic carbocycles. The average Bonchev–Trinajstić information content (AvgIpc) is 2.82. The summed E-state index contributed by atoms with van der Waals surface area (Å²) in [5.74, 6) is -1.02. The summed E-state index contributed by atoms with van der Waals surface area (Å²) in [5.41, 5.74) is 0.174. The van der Waals surface area contributed by atoms with Crippen LogP contribution in [0.1, 0.15) is 74.3 Å². The molecule has 0 spiro atoms. The molecule has 1 fully saturated rings. The summed E-state index contributed by atoms with van der Waals surface area (Å²) in [6, 6.07) is 4.70. The Hall–Kier alpha value is 0.144. The number of nitrogens with zero attached hydrogens (tertiary/aromatic N) is 1. The van der Waals surface area contributed by atoms with E-state index in [-0.39, 0.29) is 66.5 Å². The van der Waals surface area contributed by atoms with Crippen LogP contribution >= 0.6 is 0 Å². The summed E-state index contributed by atoms with van der Waals surface area (Å²) in [4.78, 5) is 2.53. The van der Waals surface area contributed by atoms with Crippen LogP contribution in [0.3, 0.4) is 0 Å². The number of hydrogen-bond acceptors (Lipinski definition) is 1. The molecule has 1 aliphatic rings. The van der Waals surface area contributed by atoms with E-state index in [2.05, 4.69) is 18.7 Å². The number of halogens is 2. The Morgan fingerprint density at radius 2 is 1.26 bits per heavy atom. The van der Waals surface area contributed by atoms with Gasteiger partial charge >= 0.3 is 0 Å². The predicted octanol–water partition coefficient (Wildman–Crippen LogP) is 6.48. The van der Waals surface area contributed by atoms with Crippen LogP contribution in [0.25, 0.3) is 0 Å². The minimum atomic E-state index is -0.458. The van der Waals surface area contributed by atoms with E-state index in [1.54, 1.807) is 13.8 Å². The Labute approximate surface area is 169 Å². The van der Waals surface area contributed by atoms with Crippen LogP contribution < -0.4 is 0 Å². The molecule has 1 nitrogen and oxygen atoms in total. The summed E-state index contributed by atoms with van der Waals surface area (Å²) < 4.78 is 25.7. The molecule has 0 N–H and O–H groups in total. The van der Waals surface area contributed by atoms with Gasteiger partial charge in [0.25, 0.3) is 0 Å². The van der Waals surface area contributed by atoms with Crippen molar-refractivity contribution in [3.63, 3.8) is 0 Å². The maximum Gasteiger partial charge on any atom is 0.129 e. The Balaban J connectivity index is -0.000000138. The van der Waals surface area contributed by atoms with Gasteiger partial charge < -0.3 is 4.90 Å². The van der Waals surface area contributed by atoms with E-state index < -0.39 is 11.6 Å². The molecule has 23 heavy (non-hydrogen) atoms. The molecule has 2 rings (SSSR count). The Morgan fingerprint density at radius 3 is 1.48 bits per heavy atom. The molecule has 1 aromatic rings. The smallest absolute Gasteiger partial charge is 0.129 e. The van der Waals surface area contributed by atoms with Crippen molar-refractivity contribution in [3.05, 3.63) is 35.4 Å². The fourth-order valence-corrected chi connectivity index (χ4v) is 2.32. The van der Waals surface area contributed by atoms with Crippen molar-refractivity contribution in [2.75, 3.05) is 13.1 Å². The van der Waals surface area contributed by atoms with Crippen LogP contribution in [0.5, 0.6) is 0 Å². The summed E-state index contributed by atoms with van der Waals surface area (Å²) in [7, 11) is 0. The van der Waals surface area contributed by atoms with Crippen molar-refractivity contribution in [1.82, 2.24) is 4.90 Å². The minimum Gasteiger partial charge on any atom is -0.301 e. The molecular weight excluding hydrogens is 369 g/mol. The van der Waals surface area contributed by atoms with E-state index in [0.717, 1.165) is 6.04 Å². The first kappa shape index (κ1) is 31.0. The van der Waals surface area contributed by atoms with Gasteiger partial charge in [0, 0.05) is 44.3 Å². The molecule has 0 amide bonds. The Bertz CT molecular complexity index is 369. The van der Waals surface area contributed by atoms with E-state index in [1.807, 2.05) is 0 Å². The summed E-state index contributed by atoms with van der Waals surface area (Å²) in [5, 5.41) is 0. The fourth-order valence-electron chi connectivity index (χ4n) is 2.32. The number of benzene rings is 1. The number of rotatable bonds is 2. The summed E-state index contributed by atoms with van der Waals surface area (Å²) in [6.45, 7) is 10.7. The van der Waals surface area contributed by atoms with E-state index in [4.69, 9.17) is 0 Å². The Kier molecular flexibility index (Phi) is 21.1. The zero-order valence-corrected chi connectivity index (χ0v) is 15.8. The van der Waals surface area contributed by atoms with Crippen molar-refractivity contribution in [1.29, 1.82) is 0 Å². The van der Waals surface area contributed by atoms with Crippen LogP contribution in [-0.4, -0.2) is 24.0 Å². The van der Waals surface area contributed by atoms with Crippen molar-refractivity contribution in [2.24, 2.45) is 0 Å².